The van der Waals surface area contributed by atoms with Crippen molar-refractivity contribution in [1.29, 1.82) is 0 Å². The number of carbonyl (C=O) groups is 2. The number of benzene rings is 1. The Balaban J connectivity index is 1.90. The first kappa shape index (κ1) is 21.0. The molecule has 5 nitrogen and oxygen atoms in total. The van der Waals surface area contributed by atoms with E-state index in [0.29, 0.717) is 19.4 Å². The lowest BCUT2D eigenvalue weighted by Gasteiger charge is -2.43. The van der Waals surface area contributed by atoms with E-state index in [-0.39, 0.29) is 11.8 Å². The molecule has 3 rings (SSSR count). The molecule has 2 aromatic rings. The van der Waals surface area contributed by atoms with Crippen LogP contribution in [0.4, 0.5) is 0 Å². The number of hydrogen-bond acceptors (Lipinski definition) is 3. The Morgan fingerprint density at radius 3 is 2.66 bits per heavy atom. The smallest absolute Gasteiger partial charge is 0.230 e. The molecule has 0 bridgehead atoms. The molecule has 0 saturated carbocycles. The van der Waals surface area contributed by atoms with Gasteiger partial charge in [-0.15, -0.1) is 0 Å². The minimum absolute atomic E-state index is 0.110. The van der Waals surface area contributed by atoms with Crippen molar-refractivity contribution in [2.45, 2.75) is 39.0 Å². The number of amides is 2. The van der Waals surface area contributed by atoms with Crippen LogP contribution in [0.15, 0.2) is 48.8 Å². The van der Waals surface area contributed by atoms with E-state index < -0.39 is 5.41 Å². The summed E-state index contributed by atoms with van der Waals surface area (Å²) in [6.07, 6.45) is 7.29. The second kappa shape index (κ2) is 9.21. The Morgan fingerprint density at radius 2 is 1.97 bits per heavy atom. The maximum Gasteiger partial charge on any atom is 0.230 e. The van der Waals surface area contributed by atoms with Gasteiger partial charge in [-0.05, 0) is 48.4 Å². The molecule has 1 aliphatic heterocycles. The summed E-state index contributed by atoms with van der Waals surface area (Å²) in [6.45, 7) is 3.26. The molecule has 1 saturated heterocycles. The molecule has 1 fully saturated rings. The lowest BCUT2D eigenvalue weighted by Crippen LogP contribution is -2.54. The van der Waals surface area contributed by atoms with Crippen molar-refractivity contribution < 1.29 is 9.59 Å². The maximum atomic E-state index is 13.3. The van der Waals surface area contributed by atoms with Crippen LogP contribution in [0.2, 0.25) is 0 Å². The third-order valence-electron chi connectivity index (χ3n) is 5.72. The second-order valence-corrected chi connectivity index (χ2v) is 8.27. The van der Waals surface area contributed by atoms with Gasteiger partial charge < -0.3 is 9.80 Å². The highest BCUT2D eigenvalue weighted by Crippen LogP contribution is 2.36. The first-order chi connectivity index (χ1) is 13.9. The summed E-state index contributed by atoms with van der Waals surface area (Å²) < 4.78 is 0. The zero-order chi connectivity index (χ0) is 20.9. The number of pyridine rings is 1. The van der Waals surface area contributed by atoms with Gasteiger partial charge in [-0.2, -0.15) is 0 Å². The van der Waals surface area contributed by atoms with Crippen molar-refractivity contribution in [1.82, 2.24) is 14.8 Å². The zero-order valence-corrected chi connectivity index (χ0v) is 17.7. The van der Waals surface area contributed by atoms with Crippen LogP contribution in [-0.4, -0.2) is 53.8 Å². The first-order valence-corrected chi connectivity index (χ1v) is 10.4. The number of piperidine rings is 1. The van der Waals surface area contributed by atoms with Crippen molar-refractivity contribution in [3.05, 3.63) is 54.4 Å². The van der Waals surface area contributed by atoms with Crippen LogP contribution >= 0.6 is 0 Å². The van der Waals surface area contributed by atoms with Crippen LogP contribution in [0.5, 0.6) is 0 Å². The van der Waals surface area contributed by atoms with Gasteiger partial charge >= 0.3 is 0 Å². The average molecular weight is 394 g/mol. The summed E-state index contributed by atoms with van der Waals surface area (Å²) in [5, 5.41) is 0. The van der Waals surface area contributed by atoms with E-state index in [9.17, 15) is 9.59 Å². The number of nitrogens with zero attached hydrogens (tertiary/aromatic N) is 3. The summed E-state index contributed by atoms with van der Waals surface area (Å²) in [4.78, 5) is 33.6. The third kappa shape index (κ3) is 4.84. The fourth-order valence-corrected chi connectivity index (χ4v) is 4.37. The van der Waals surface area contributed by atoms with E-state index in [1.807, 2.05) is 50.3 Å². The van der Waals surface area contributed by atoms with E-state index in [2.05, 4.69) is 23.2 Å². The summed E-state index contributed by atoms with van der Waals surface area (Å²) >= 11 is 0. The lowest BCUT2D eigenvalue weighted by atomic mass is 9.73. The molecular weight excluding hydrogens is 362 g/mol. The van der Waals surface area contributed by atoms with Crippen molar-refractivity contribution in [3.63, 3.8) is 0 Å². The van der Waals surface area contributed by atoms with Gasteiger partial charge in [0.25, 0.3) is 0 Å². The van der Waals surface area contributed by atoms with Crippen molar-refractivity contribution in [2.24, 2.45) is 5.41 Å². The van der Waals surface area contributed by atoms with Gasteiger partial charge in [0.2, 0.25) is 11.8 Å². The van der Waals surface area contributed by atoms with E-state index >= 15 is 0 Å². The number of likely N-dealkylation sites (tertiary alicyclic amines) is 1. The maximum absolute atomic E-state index is 13.3. The average Bonchev–Trinajstić information content (AvgIpc) is 2.74. The van der Waals surface area contributed by atoms with Gasteiger partial charge in [-0.3, -0.25) is 14.6 Å². The van der Waals surface area contributed by atoms with Gasteiger partial charge in [0.1, 0.15) is 0 Å². The van der Waals surface area contributed by atoms with Crippen LogP contribution in [0.3, 0.4) is 0 Å². The van der Waals surface area contributed by atoms with Gasteiger partial charge in [-0.1, -0.05) is 37.3 Å². The predicted molar refractivity (Wildman–Crippen MR) is 115 cm³/mol. The highest BCUT2D eigenvalue weighted by molar-refractivity contribution is 5.85. The molecule has 1 atom stereocenters. The van der Waals surface area contributed by atoms with Crippen LogP contribution in [0.25, 0.3) is 11.1 Å². The minimum atomic E-state index is -0.571. The van der Waals surface area contributed by atoms with Crippen LogP contribution in [0, 0.1) is 5.41 Å². The van der Waals surface area contributed by atoms with Gasteiger partial charge in [0, 0.05) is 46.0 Å². The Bertz CT molecular complexity index is 850. The zero-order valence-electron chi connectivity index (χ0n) is 17.7. The van der Waals surface area contributed by atoms with E-state index in [4.69, 9.17) is 0 Å². The molecule has 0 aliphatic carbocycles. The van der Waals surface area contributed by atoms with Crippen molar-refractivity contribution >= 4 is 11.8 Å². The molecule has 0 N–H and O–H groups in total. The third-order valence-corrected chi connectivity index (χ3v) is 5.72. The van der Waals surface area contributed by atoms with Gasteiger partial charge in [0.05, 0.1) is 5.41 Å². The normalized spacial score (nSPS) is 19.1. The molecule has 0 spiro atoms. The molecule has 1 aliphatic rings. The second-order valence-electron chi connectivity index (χ2n) is 8.27. The summed E-state index contributed by atoms with van der Waals surface area (Å²) in [7, 11) is 3.62. The Labute approximate surface area is 173 Å². The van der Waals surface area contributed by atoms with Crippen LogP contribution < -0.4 is 0 Å². The summed E-state index contributed by atoms with van der Waals surface area (Å²) in [5.41, 5.74) is 2.70. The van der Waals surface area contributed by atoms with Crippen LogP contribution in [0.1, 0.15) is 38.2 Å². The number of rotatable bonds is 6. The van der Waals surface area contributed by atoms with Crippen LogP contribution in [-0.2, 0) is 16.0 Å². The topological polar surface area (TPSA) is 53.5 Å². The largest absolute Gasteiger partial charge is 0.348 e. The number of hydrogen-bond donors (Lipinski definition) is 0. The molecule has 154 valence electrons. The monoisotopic (exact) mass is 393 g/mol. The molecule has 0 unspecified atom stereocenters. The summed E-state index contributed by atoms with van der Waals surface area (Å²) in [5.74, 6) is 0.269. The first-order valence-electron chi connectivity index (χ1n) is 10.4. The predicted octanol–water partition coefficient (Wildman–Crippen LogP) is 3.79. The number of carbonyl (C=O) groups excluding carboxylic acids is 2. The van der Waals surface area contributed by atoms with E-state index in [1.165, 1.54) is 0 Å². The molecular formula is C24H31N3O2. The van der Waals surface area contributed by atoms with Gasteiger partial charge in [-0.25, -0.2) is 0 Å². The van der Waals surface area contributed by atoms with Crippen molar-refractivity contribution in [2.75, 3.05) is 27.2 Å². The standard InChI is InChI=1S/C24H31N3O2/c1-4-8-22(28)27-14-7-12-24(18-27,23(29)26(2)3)16-19-9-5-10-20(15-19)21-11-6-13-25-17-21/h5-6,9-11,13,15,17H,4,7-8,12,14,16,18H2,1-3H3/t24-/m1/s1. The van der Waals surface area contributed by atoms with Crippen molar-refractivity contribution in [3.8, 4) is 11.1 Å². The molecule has 1 aromatic heterocycles. The number of aromatic nitrogens is 1. The fourth-order valence-electron chi connectivity index (χ4n) is 4.37. The highest BCUT2D eigenvalue weighted by atomic mass is 16.2. The van der Waals surface area contributed by atoms with E-state index in [0.717, 1.165) is 42.5 Å². The Hall–Kier alpha value is -2.69. The molecule has 29 heavy (non-hydrogen) atoms. The minimum Gasteiger partial charge on any atom is -0.348 e. The molecule has 2 amide bonds. The molecule has 5 heteroatoms. The SMILES string of the molecule is CCCC(=O)N1CCC[C@](Cc2cccc(-c3cccnc3)c2)(C(=O)N(C)C)C1. The Kier molecular flexibility index (Phi) is 6.68. The lowest BCUT2D eigenvalue weighted by molar-refractivity contribution is -0.147. The van der Waals surface area contributed by atoms with Gasteiger partial charge in [0.15, 0.2) is 0 Å². The Morgan fingerprint density at radius 1 is 1.17 bits per heavy atom. The highest BCUT2D eigenvalue weighted by Gasteiger charge is 2.44. The molecule has 2 heterocycles. The van der Waals surface area contributed by atoms with E-state index in [1.54, 1.807) is 11.1 Å². The summed E-state index contributed by atoms with van der Waals surface area (Å²) in [6, 6.07) is 12.3. The molecule has 0 radical (unpaired) electrons. The quantitative estimate of drug-likeness (QED) is 0.750. The molecule has 1 aromatic carbocycles. The fraction of sp³-hybridized carbons (Fsp3) is 0.458.